The number of methoxy groups -OCH3 is 1. The molecule has 1 aromatic rings. The van der Waals surface area contributed by atoms with Gasteiger partial charge in [0.25, 0.3) is 0 Å². The highest BCUT2D eigenvalue weighted by molar-refractivity contribution is 7.74. The van der Waals surface area contributed by atoms with E-state index in [0.29, 0.717) is 16.3 Å². The van der Waals surface area contributed by atoms with Crippen LogP contribution in [0, 0.1) is 0 Å². The van der Waals surface area contributed by atoms with Crippen molar-refractivity contribution in [2.45, 2.75) is 13.3 Å². The number of carbonyl (C=O) groups is 1. The topological polar surface area (TPSA) is 26.3 Å². The van der Waals surface area contributed by atoms with Gasteiger partial charge in [0.1, 0.15) is 5.75 Å². The Bertz CT molecular complexity index is 379. The molecule has 0 amide bonds. The van der Waals surface area contributed by atoms with Gasteiger partial charge in [-0.15, -0.1) is 0 Å². The lowest BCUT2D eigenvalue weighted by Gasteiger charge is -2.13. The molecule has 0 aliphatic carbocycles. The van der Waals surface area contributed by atoms with Crippen molar-refractivity contribution in [3.05, 3.63) is 28.8 Å². The number of hydrogen-bond acceptors (Lipinski definition) is 2. The van der Waals surface area contributed by atoms with Crippen LogP contribution in [0.1, 0.15) is 23.7 Å². The largest absolute Gasteiger partial charge is 0.496 e. The first-order chi connectivity index (χ1) is 7.61. The summed E-state index contributed by atoms with van der Waals surface area (Å²) >= 11 is 6.06. The van der Waals surface area contributed by atoms with E-state index >= 15 is 0 Å². The molecule has 0 fully saturated rings. The summed E-state index contributed by atoms with van der Waals surface area (Å²) in [4.78, 5) is 12.2. The monoisotopic (exact) mass is 258 g/mol. The first-order valence-electron chi connectivity index (χ1n) is 5.19. The summed E-state index contributed by atoms with van der Waals surface area (Å²) in [5, 5.41) is 0.481. The maximum Gasteiger partial charge on any atom is 0.189 e. The van der Waals surface area contributed by atoms with Crippen LogP contribution in [-0.2, 0) is 0 Å². The molecule has 0 heterocycles. The van der Waals surface area contributed by atoms with Crippen molar-refractivity contribution in [3.8, 4) is 5.75 Å². The molecule has 2 nitrogen and oxygen atoms in total. The van der Waals surface area contributed by atoms with Gasteiger partial charge >= 0.3 is 0 Å². The summed E-state index contributed by atoms with van der Waals surface area (Å²) in [6.45, 7) is 4.07. The summed E-state index contributed by atoms with van der Waals surface area (Å²) in [5.74, 6) is 0.572. The lowest BCUT2D eigenvalue weighted by atomic mass is 10.2. The minimum Gasteiger partial charge on any atom is -0.496 e. The van der Waals surface area contributed by atoms with E-state index in [4.69, 9.17) is 16.3 Å². The van der Waals surface area contributed by atoms with Crippen LogP contribution in [-0.4, -0.2) is 25.5 Å². The standard InChI is InChI=1S/C12H16ClO2P/c1-4-8-16(3)12(14)11-9(13)6-5-7-10(11)15-2/h5-7H,4,8H2,1-3H3. The number of ether oxygens (including phenoxy) is 1. The van der Waals surface area contributed by atoms with E-state index in [9.17, 15) is 4.79 Å². The highest BCUT2D eigenvalue weighted by atomic mass is 35.5. The molecular formula is C12H16ClO2P. The van der Waals surface area contributed by atoms with Gasteiger partial charge in [-0.1, -0.05) is 31.0 Å². The van der Waals surface area contributed by atoms with Crippen LogP contribution < -0.4 is 4.74 Å². The van der Waals surface area contributed by atoms with Crippen LogP contribution >= 0.6 is 19.5 Å². The van der Waals surface area contributed by atoms with Gasteiger partial charge in [0, 0.05) is 0 Å². The van der Waals surface area contributed by atoms with Crippen LogP contribution in [0.5, 0.6) is 5.75 Å². The third-order valence-corrected chi connectivity index (χ3v) is 4.66. The summed E-state index contributed by atoms with van der Waals surface area (Å²) in [5.41, 5.74) is 0.660. The molecule has 88 valence electrons. The minimum atomic E-state index is -0.660. The normalized spacial score (nSPS) is 12.2. The van der Waals surface area contributed by atoms with Crippen molar-refractivity contribution in [3.63, 3.8) is 0 Å². The van der Waals surface area contributed by atoms with Crippen LogP contribution in [0.3, 0.4) is 0 Å². The first kappa shape index (κ1) is 13.5. The van der Waals surface area contributed by atoms with Gasteiger partial charge in [-0.3, -0.25) is 4.79 Å². The van der Waals surface area contributed by atoms with Crippen LogP contribution in [0.15, 0.2) is 18.2 Å². The smallest absolute Gasteiger partial charge is 0.189 e. The Balaban J connectivity index is 3.06. The summed E-state index contributed by atoms with van der Waals surface area (Å²) in [6, 6.07) is 5.29. The quantitative estimate of drug-likeness (QED) is 0.746. The molecule has 1 unspecified atom stereocenters. The SMILES string of the molecule is CCCP(C)C(=O)c1c(Cl)cccc1OC. The zero-order valence-electron chi connectivity index (χ0n) is 9.79. The van der Waals surface area contributed by atoms with E-state index in [2.05, 4.69) is 6.92 Å². The molecule has 4 heteroatoms. The van der Waals surface area contributed by atoms with Crippen LogP contribution in [0.4, 0.5) is 0 Å². The molecule has 0 saturated carbocycles. The molecule has 1 atom stereocenters. The maximum atomic E-state index is 12.2. The van der Waals surface area contributed by atoms with Gasteiger partial charge in [0.2, 0.25) is 0 Å². The highest BCUT2D eigenvalue weighted by Crippen LogP contribution is 2.41. The number of benzene rings is 1. The van der Waals surface area contributed by atoms with Gasteiger partial charge < -0.3 is 4.74 Å². The lowest BCUT2D eigenvalue weighted by Crippen LogP contribution is -2.03. The molecular weight excluding hydrogens is 243 g/mol. The fourth-order valence-corrected chi connectivity index (χ4v) is 3.31. The maximum absolute atomic E-state index is 12.2. The predicted molar refractivity (Wildman–Crippen MR) is 70.3 cm³/mol. The van der Waals surface area contributed by atoms with Gasteiger partial charge in [0.15, 0.2) is 5.52 Å². The second kappa shape index (κ2) is 6.22. The van der Waals surface area contributed by atoms with Gasteiger partial charge in [-0.25, -0.2) is 0 Å². The number of hydrogen-bond donors (Lipinski definition) is 0. The molecule has 1 rings (SSSR count). The van der Waals surface area contributed by atoms with Crippen molar-refractivity contribution in [1.82, 2.24) is 0 Å². The molecule has 0 aromatic heterocycles. The molecule has 0 bridgehead atoms. The molecule has 1 aromatic carbocycles. The van der Waals surface area contributed by atoms with E-state index in [1.165, 1.54) is 0 Å². The molecule has 0 saturated heterocycles. The van der Waals surface area contributed by atoms with E-state index in [-0.39, 0.29) is 5.52 Å². The van der Waals surface area contributed by atoms with Gasteiger partial charge in [-0.2, -0.15) is 0 Å². The number of carbonyl (C=O) groups excluding carboxylic acids is 1. The average Bonchev–Trinajstić information content (AvgIpc) is 2.28. The molecule has 16 heavy (non-hydrogen) atoms. The number of halogens is 1. The third kappa shape index (κ3) is 2.96. The Kier molecular flexibility index (Phi) is 5.24. The molecule has 0 spiro atoms. The van der Waals surface area contributed by atoms with E-state index in [0.717, 1.165) is 12.6 Å². The van der Waals surface area contributed by atoms with Gasteiger partial charge in [-0.05, 0) is 32.9 Å². The summed E-state index contributed by atoms with van der Waals surface area (Å²) in [7, 11) is 0.896. The summed E-state index contributed by atoms with van der Waals surface area (Å²) < 4.78 is 5.18. The second-order valence-corrected chi connectivity index (χ2v) is 6.20. The second-order valence-electron chi connectivity index (χ2n) is 3.54. The van der Waals surface area contributed by atoms with Crippen molar-refractivity contribution in [1.29, 1.82) is 0 Å². The summed E-state index contributed by atoms with van der Waals surface area (Å²) in [6.07, 6.45) is 1.95. The van der Waals surface area contributed by atoms with Crippen molar-refractivity contribution >= 4 is 25.0 Å². The van der Waals surface area contributed by atoms with Crippen molar-refractivity contribution < 1.29 is 9.53 Å². The van der Waals surface area contributed by atoms with Crippen molar-refractivity contribution in [2.24, 2.45) is 0 Å². The average molecular weight is 259 g/mol. The fourth-order valence-electron chi connectivity index (χ4n) is 1.51. The zero-order valence-corrected chi connectivity index (χ0v) is 11.4. The third-order valence-electron chi connectivity index (χ3n) is 2.31. The Morgan fingerprint density at radius 1 is 1.50 bits per heavy atom. The molecule has 0 radical (unpaired) electrons. The Hall–Kier alpha value is -0.590. The first-order valence-corrected chi connectivity index (χ1v) is 7.55. The van der Waals surface area contributed by atoms with Crippen LogP contribution in [0.2, 0.25) is 5.02 Å². The zero-order chi connectivity index (χ0) is 12.1. The van der Waals surface area contributed by atoms with Gasteiger partial charge in [0.05, 0.1) is 17.7 Å². The van der Waals surface area contributed by atoms with Crippen molar-refractivity contribution in [2.75, 3.05) is 19.9 Å². The highest BCUT2D eigenvalue weighted by Gasteiger charge is 2.20. The van der Waals surface area contributed by atoms with E-state index < -0.39 is 7.92 Å². The molecule has 0 aliphatic heterocycles. The fraction of sp³-hybridized carbons (Fsp3) is 0.417. The Morgan fingerprint density at radius 3 is 2.75 bits per heavy atom. The van der Waals surface area contributed by atoms with Crippen LogP contribution in [0.25, 0.3) is 0 Å². The number of rotatable bonds is 5. The van der Waals surface area contributed by atoms with E-state index in [1.54, 1.807) is 25.3 Å². The molecule has 0 N–H and O–H groups in total. The molecule has 0 aliphatic rings. The minimum absolute atomic E-state index is 0.124. The Morgan fingerprint density at radius 2 is 2.19 bits per heavy atom. The lowest BCUT2D eigenvalue weighted by molar-refractivity contribution is 0.108. The van der Waals surface area contributed by atoms with E-state index in [1.807, 2.05) is 6.66 Å². The predicted octanol–water partition coefficient (Wildman–Crippen LogP) is 4.01. The Labute approximate surface area is 103 Å².